The molecule has 2 nitrogen and oxygen atoms in total. The van der Waals surface area contributed by atoms with Crippen LogP contribution in [0.4, 0.5) is 5.69 Å². The summed E-state index contributed by atoms with van der Waals surface area (Å²) in [6.45, 7) is 2.68. The number of rotatable bonds is 3. The summed E-state index contributed by atoms with van der Waals surface area (Å²) in [6.07, 6.45) is 0. The Bertz CT molecular complexity index is 205. The molecular weight excluding hydrogens is 138 g/mol. The summed E-state index contributed by atoms with van der Waals surface area (Å²) >= 11 is 0. The van der Waals surface area contributed by atoms with Gasteiger partial charge < -0.3 is 4.74 Å². The van der Waals surface area contributed by atoms with Gasteiger partial charge in [0.1, 0.15) is 5.75 Å². The van der Waals surface area contributed by atoms with Crippen molar-refractivity contribution < 1.29 is 4.74 Å². The zero-order valence-electron chi connectivity index (χ0n) is 6.87. The van der Waals surface area contributed by atoms with Crippen LogP contribution in [0.5, 0.6) is 5.75 Å². The zero-order chi connectivity index (χ0) is 8.10. The summed E-state index contributed by atoms with van der Waals surface area (Å²) in [5.41, 5.74) is 0.980. The summed E-state index contributed by atoms with van der Waals surface area (Å²) < 4.78 is 5.26. The molecule has 0 amide bonds. The Morgan fingerprint density at radius 2 is 1.91 bits per heavy atom. The number of nitrogens with zero attached hydrogens (tertiary/aromatic N) is 1. The molecule has 0 aliphatic carbocycles. The molecule has 0 spiro atoms. The van der Waals surface area contributed by atoms with E-state index in [4.69, 9.17) is 4.74 Å². The molecule has 1 aromatic rings. The van der Waals surface area contributed by atoms with Crippen LogP contribution in [0.15, 0.2) is 24.3 Å². The molecule has 0 heterocycles. The average Bonchev–Trinajstić information content (AvgIpc) is 2.07. The van der Waals surface area contributed by atoms with Gasteiger partial charge in [-0.25, -0.2) is 0 Å². The second kappa shape index (κ2) is 3.86. The van der Waals surface area contributed by atoms with Crippen LogP contribution in [0, 0.1) is 0 Å². The van der Waals surface area contributed by atoms with Crippen molar-refractivity contribution in [2.45, 2.75) is 6.92 Å². The van der Waals surface area contributed by atoms with Gasteiger partial charge in [-0.2, -0.15) is 0 Å². The maximum atomic E-state index is 5.26. The maximum absolute atomic E-state index is 5.26. The van der Waals surface area contributed by atoms with Crippen molar-refractivity contribution in [2.75, 3.05) is 13.7 Å². The summed E-state index contributed by atoms with van der Waals surface area (Å²) in [6, 6.07) is 7.72. The van der Waals surface area contributed by atoms with Crippen molar-refractivity contribution in [1.82, 2.24) is 5.32 Å². The normalized spacial score (nSPS) is 9.27. The van der Waals surface area contributed by atoms with E-state index in [0.29, 0.717) is 6.61 Å². The highest BCUT2D eigenvalue weighted by molar-refractivity contribution is 5.39. The first-order valence-electron chi connectivity index (χ1n) is 3.69. The van der Waals surface area contributed by atoms with Crippen LogP contribution < -0.4 is 10.1 Å². The van der Waals surface area contributed by atoms with Crippen LogP contribution in [-0.2, 0) is 0 Å². The molecular formula is C9H12NO. The van der Waals surface area contributed by atoms with Crippen molar-refractivity contribution in [2.24, 2.45) is 0 Å². The maximum Gasteiger partial charge on any atom is 0.119 e. The monoisotopic (exact) mass is 150 g/mol. The van der Waals surface area contributed by atoms with Crippen LogP contribution in [0.25, 0.3) is 0 Å². The summed E-state index contributed by atoms with van der Waals surface area (Å²) in [5, 5.41) is 4.02. The number of hydrogen-bond acceptors (Lipinski definition) is 1. The number of benzene rings is 1. The van der Waals surface area contributed by atoms with Crippen LogP contribution in [0.1, 0.15) is 6.92 Å². The van der Waals surface area contributed by atoms with Gasteiger partial charge in [0, 0.05) is 7.05 Å². The molecule has 0 saturated heterocycles. The minimum absolute atomic E-state index is 0.711. The quantitative estimate of drug-likeness (QED) is 0.646. The molecule has 1 aromatic carbocycles. The lowest BCUT2D eigenvalue weighted by molar-refractivity contribution is 0.340. The van der Waals surface area contributed by atoms with Gasteiger partial charge in [-0.1, -0.05) is 0 Å². The molecule has 0 unspecified atom stereocenters. The van der Waals surface area contributed by atoms with Gasteiger partial charge >= 0.3 is 0 Å². The van der Waals surface area contributed by atoms with Gasteiger partial charge in [0.2, 0.25) is 0 Å². The molecule has 59 valence electrons. The number of hydrogen-bond donors (Lipinski definition) is 0. The first kappa shape index (κ1) is 7.92. The van der Waals surface area contributed by atoms with Crippen molar-refractivity contribution in [3.05, 3.63) is 24.3 Å². The van der Waals surface area contributed by atoms with E-state index in [1.807, 2.05) is 31.2 Å². The molecule has 0 aliphatic rings. The van der Waals surface area contributed by atoms with Gasteiger partial charge in [-0.05, 0) is 31.2 Å². The average molecular weight is 150 g/mol. The first-order chi connectivity index (χ1) is 5.36. The predicted molar refractivity (Wildman–Crippen MR) is 45.3 cm³/mol. The van der Waals surface area contributed by atoms with Gasteiger partial charge in [0.15, 0.2) is 0 Å². The molecule has 2 heteroatoms. The predicted octanol–water partition coefficient (Wildman–Crippen LogP) is 1.95. The Morgan fingerprint density at radius 1 is 1.27 bits per heavy atom. The molecule has 11 heavy (non-hydrogen) atoms. The van der Waals surface area contributed by atoms with Gasteiger partial charge in [0.25, 0.3) is 0 Å². The first-order valence-corrected chi connectivity index (χ1v) is 3.69. The SMILES string of the molecule is CCOc1ccc([N]C)cc1. The van der Waals surface area contributed by atoms with E-state index in [0.717, 1.165) is 11.4 Å². The van der Waals surface area contributed by atoms with Gasteiger partial charge in [-0.3, -0.25) is 5.32 Å². The van der Waals surface area contributed by atoms with Crippen LogP contribution in [0.2, 0.25) is 0 Å². The fraction of sp³-hybridized carbons (Fsp3) is 0.333. The molecule has 0 bridgehead atoms. The fourth-order valence-electron chi connectivity index (χ4n) is 0.858. The Labute approximate surface area is 67.2 Å². The largest absolute Gasteiger partial charge is 0.494 e. The van der Waals surface area contributed by atoms with Crippen molar-refractivity contribution in [3.63, 3.8) is 0 Å². The van der Waals surface area contributed by atoms with E-state index >= 15 is 0 Å². The molecule has 0 N–H and O–H groups in total. The summed E-state index contributed by atoms with van der Waals surface area (Å²) in [7, 11) is 1.77. The molecule has 0 aromatic heterocycles. The highest BCUT2D eigenvalue weighted by Crippen LogP contribution is 2.14. The Kier molecular flexibility index (Phi) is 2.78. The highest BCUT2D eigenvalue weighted by atomic mass is 16.5. The van der Waals surface area contributed by atoms with Gasteiger partial charge in [0.05, 0.1) is 12.3 Å². The Hall–Kier alpha value is -1.18. The smallest absolute Gasteiger partial charge is 0.119 e. The lowest BCUT2D eigenvalue weighted by atomic mass is 10.3. The summed E-state index contributed by atoms with van der Waals surface area (Å²) in [4.78, 5) is 0. The standard InChI is InChI=1S/C9H12NO/c1-3-11-9-6-4-8(10-2)5-7-9/h4-7H,3H2,1-2H3. The number of ether oxygens (including phenoxy) is 1. The van der Waals surface area contributed by atoms with E-state index in [2.05, 4.69) is 5.32 Å². The Balaban J connectivity index is 2.66. The molecule has 0 atom stereocenters. The highest BCUT2D eigenvalue weighted by Gasteiger charge is 1.91. The van der Waals surface area contributed by atoms with Crippen LogP contribution >= 0.6 is 0 Å². The van der Waals surface area contributed by atoms with Crippen LogP contribution in [0.3, 0.4) is 0 Å². The molecule has 1 rings (SSSR count). The van der Waals surface area contributed by atoms with E-state index in [9.17, 15) is 0 Å². The zero-order valence-corrected chi connectivity index (χ0v) is 6.87. The van der Waals surface area contributed by atoms with Crippen molar-refractivity contribution in [3.8, 4) is 5.75 Å². The lowest BCUT2D eigenvalue weighted by Gasteiger charge is -2.02. The second-order valence-electron chi connectivity index (χ2n) is 2.15. The summed E-state index contributed by atoms with van der Waals surface area (Å²) in [5.74, 6) is 0.903. The fourth-order valence-corrected chi connectivity index (χ4v) is 0.858. The topological polar surface area (TPSA) is 23.3 Å². The van der Waals surface area contributed by atoms with E-state index in [1.165, 1.54) is 0 Å². The third-order valence-corrected chi connectivity index (χ3v) is 1.41. The second-order valence-corrected chi connectivity index (χ2v) is 2.15. The van der Waals surface area contributed by atoms with Crippen LogP contribution in [-0.4, -0.2) is 13.7 Å². The molecule has 0 fully saturated rings. The molecule has 0 saturated carbocycles. The lowest BCUT2D eigenvalue weighted by Crippen LogP contribution is -1.91. The van der Waals surface area contributed by atoms with E-state index in [1.54, 1.807) is 7.05 Å². The molecule has 0 aliphatic heterocycles. The third-order valence-electron chi connectivity index (χ3n) is 1.41. The Morgan fingerprint density at radius 3 is 2.36 bits per heavy atom. The van der Waals surface area contributed by atoms with E-state index in [-0.39, 0.29) is 0 Å². The van der Waals surface area contributed by atoms with Crippen molar-refractivity contribution >= 4 is 5.69 Å². The minimum atomic E-state index is 0.711. The van der Waals surface area contributed by atoms with Crippen molar-refractivity contribution in [1.29, 1.82) is 0 Å². The van der Waals surface area contributed by atoms with E-state index < -0.39 is 0 Å². The molecule has 1 radical (unpaired) electrons. The minimum Gasteiger partial charge on any atom is -0.494 e. The van der Waals surface area contributed by atoms with Gasteiger partial charge in [-0.15, -0.1) is 0 Å². The third kappa shape index (κ3) is 2.15.